The summed E-state index contributed by atoms with van der Waals surface area (Å²) in [6, 6.07) is 2.34. The fraction of sp³-hybridized carbons (Fsp3) is 0.860. The summed E-state index contributed by atoms with van der Waals surface area (Å²) < 4.78 is 125. The zero-order valence-corrected chi connectivity index (χ0v) is 62.5. The van der Waals surface area contributed by atoms with Gasteiger partial charge in [-0.25, -0.2) is 0 Å². The number of halogens is 1. The van der Waals surface area contributed by atoms with Crippen LogP contribution in [-0.4, -0.2) is 260 Å². The van der Waals surface area contributed by atoms with Crippen molar-refractivity contribution in [2.75, 3.05) is 79.8 Å². The Balaban J connectivity index is -0.000000178. The molecular formula is C43H85B6INa2O27P5S. The molecule has 3 aliphatic rings. The van der Waals surface area contributed by atoms with E-state index >= 15 is 0 Å². The van der Waals surface area contributed by atoms with Crippen molar-refractivity contribution in [2.24, 2.45) is 0 Å². The van der Waals surface area contributed by atoms with Crippen molar-refractivity contribution in [3.63, 3.8) is 0 Å². The molecule has 0 saturated carbocycles. The maximum atomic E-state index is 12.1. The van der Waals surface area contributed by atoms with Crippen molar-refractivity contribution in [2.45, 2.75) is 161 Å². The van der Waals surface area contributed by atoms with Gasteiger partial charge in [-0.15, -0.1) is 0 Å². The van der Waals surface area contributed by atoms with Crippen LogP contribution in [0.4, 0.5) is 0 Å². The number of aliphatic hydroxyl groups excluding tert-OH is 8. The summed E-state index contributed by atoms with van der Waals surface area (Å²) in [4.78, 5) is 0.0486. The van der Waals surface area contributed by atoms with Gasteiger partial charge in [-0.1, -0.05) is 52.3 Å². The van der Waals surface area contributed by atoms with Crippen LogP contribution < -0.4 is 93.0 Å². The quantitative estimate of drug-likeness (QED) is 0.0185. The van der Waals surface area contributed by atoms with Crippen LogP contribution in [0.3, 0.4) is 0 Å². The third kappa shape index (κ3) is 38.7. The van der Waals surface area contributed by atoms with Crippen molar-refractivity contribution in [3.8, 4) is 0 Å². The topological polar surface area (TPSA) is 408 Å². The molecule has 13 radical (unpaired) electrons. The first-order valence-electron chi connectivity index (χ1n) is 24.8. The Morgan fingerprint density at radius 2 is 1.15 bits per heavy atom. The van der Waals surface area contributed by atoms with E-state index in [1.807, 2.05) is 27.7 Å². The summed E-state index contributed by atoms with van der Waals surface area (Å²) in [6.07, 6.45) is -1.75. The van der Waals surface area contributed by atoms with Crippen LogP contribution in [0.25, 0.3) is 0 Å². The Morgan fingerprint density at radius 1 is 0.718 bits per heavy atom. The van der Waals surface area contributed by atoms with Gasteiger partial charge in [-0.3, -0.25) is 17.9 Å². The maximum Gasteiger partial charge on any atom is 1.00 e. The van der Waals surface area contributed by atoms with Gasteiger partial charge in [0.15, 0.2) is 12.6 Å². The van der Waals surface area contributed by atoms with E-state index in [2.05, 4.69) is 47.3 Å². The van der Waals surface area contributed by atoms with Crippen LogP contribution in [0.15, 0.2) is 29.2 Å². The van der Waals surface area contributed by atoms with Gasteiger partial charge < -0.3 is 98.1 Å². The largest absolute Gasteiger partial charge is 1.00 e. The Morgan fingerprint density at radius 3 is 1.51 bits per heavy atom. The van der Waals surface area contributed by atoms with Gasteiger partial charge in [-0.05, 0) is 51.2 Å². The summed E-state index contributed by atoms with van der Waals surface area (Å²) in [6.45, 7) is 12.2. The standard InChI is InChI=1S/C14H22BO6PS.C7H14BO5P.C7H14BO4P.C7H16BO4P.C7H14BO3P.CH4O.B.IO4.2Na.H/c1-3-14(9-16,10-19-22)21-13(15)8-20-23(17,18)12-6-4-11(2)5-7-12;1-2-7(3-11-14)6(10)12-5(9)4(8)13-7;1-2-7(3-11-13)5(10)4(9)6(8)12-7;1-2-7(4-10,5-11-13)12-6(8)3-9;1-2-7(5-10-12)4-9-3-6(8)11-7;1-2;;2-1(3,4)5;;;/h4-7,13,16H,3,8-10,22H2,1-2H3;4-6,9-10H,2-3,14H2,1H3;4-6,9-10H,2-3,13H2,1H3;6,9-10H,2-5,13H2,1H3;6H,2-5,12H2,1H3;2H,1H3;;;;;/q;;;;;;;-1;2*+1;-1/t13-,14+;4-,5?,6?,7-;4-,5+,6-,7-;2*6-,7+;;;;;;/m11111....../s1. The Labute approximate surface area is 574 Å². The SMILES string of the molecule is CO.[B].[B][C@@H](CO)O[C@@](CC)(CO)COP.[B][C@@H](COS(=O)(=O)c1ccc(C)cc1)O[C@@](CC)(CO)COP.[B][C@@H]1O[C@](CC)(COP)C(O)OC1O.[B][C@@H]1O[C@](CC)(COP)[C@@H](O)[C@H]1O.[B][C@H]1COC[C@@](CC)(COP)O1.[H-].[Na+].[Na+].[O-][I+3]([O-])([O-])[O-]. The van der Waals surface area contributed by atoms with Gasteiger partial charge in [0.1, 0.15) is 99.5 Å². The van der Waals surface area contributed by atoms with Crippen molar-refractivity contribution in [1.29, 1.82) is 0 Å². The zero-order valence-electron chi connectivity index (χ0n) is 50.8. The molecule has 3 heterocycles. The molecule has 0 aromatic heterocycles. The average molecular weight is 1460 g/mol. The fourth-order valence-corrected chi connectivity index (χ4v) is 9.32. The molecule has 4 rings (SSSR count). The summed E-state index contributed by atoms with van der Waals surface area (Å²) in [7, 11) is 35.3. The maximum absolute atomic E-state index is 12.1. The molecule has 1 aromatic rings. The van der Waals surface area contributed by atoms with Crippen molar-refractivity contribution < 1.29 is 204 Å². The first kappa shape index (κ1) is 99.5. The second-order valence-electron chi connectivity index (χ2n) is 17.9. The van der Waals surface area contributed by atoms with E-state index in [9.17, 15) is 28.8 Å². The minimum absolute atomic E-state index is 0. The van der Waals surface area contributed by atoms with E-state index in [4.69, 9.17) is 133 Å². The monoisotopic (exact) mass is 1460 g/mol. The Hall–Kier alpha value is 3.44. The normalized spacial score (nSPS) is 27.2. The van der Waals surface area contributed by atoms with Gasteiger partial charge in [0, 0.05) is 86.9 Å². The number of benzene rings is 1. The molecule has 0 spiro atoms. The number of rotatable bonds is 26. The van der Waals surface area contributed by atoms with E-state index in [-0.39, 0.29) is 138 Å². The molecule has 0 aliphatic carbocycles. The molecule has 27 nitrogen and oxygen atoms in total. The molecule has 1 aromatic carbocycles. The Kier molecular flexibility index (Phi) is 61.6. The second-order valence-corrected chi connectivity index (χ2v) is 23.3. The number of ether oxygens (including phenoxy) is 7. The molecule has 85 heavy (non-hydrogen) atoms. The van der Waals surface area contributed by atoms with Crippen molar-refractivity contribution in [1.82, 2.24) is 0 Å². The van der Waals surface area contributed by atoms with Crippen LogP contribution >= 0.6 is 47.3 Å². The molecule has 0 amide bonds. The second kappa shape index (κ2) is 52.6. The number of aliphatic hydroxyl groups is 8. The molecule has 3 aliphatic heterocycles. The van der Waals surface area contributed by atoms with Gasteiger partial charge in [0.05, 0.1) is 83.6 Å². The Bertz CT molecular complexity index is 1880. The van der Waals surface area contributed by atoms with Gasteiger partial charge in [-0.2, -0.15) is 8.42 Å². The van der Waals surface area contributed by atoms with E-state index in [1.165, 1.54) is 12.1 Å². The van der Waals surface area contributed by atoms with Crippen LogP contribution in [0, 0.1) is 6.92 Å². The van der Waals surface area contributed by atoms with Crippen LogP contribution in [0.5, 0.6) is 0 Å². The summed E-state index contributed by atoms with van der Waals surface area (Å²) >= 11 is -5.94. The molecular weight excluding hydrogens is 1370 g/mol. The van der Waals surface area contributed by atoms with Crippen molar-refractivity contribution >= 4 is 105 Å². The number of aryl methyl sites for hydroxylation is 1. The third-order valence-electron chi connectivity index (χ3n) is 12.1. The molecule has 477 valence electrons. The van der Waals surface area contributed by atoms with Gasteiger partial charge in [0.25, 0.3) is 10.1 Å². The third-order valence-corrected chi connectivity index (χ3v) is 14.2. The van der Waals surface area contributed by atoms with Crippen molar-refractivity contribution in [3.05, 3.63) is 29.8 Å². The van der Waals surface area contributed by atoms with E-state index in [0.717, 1.165) is 19.1 Å². The number of hydrogen-bond acceptors (Lipinski definition) is 27. The van der Waals surface area contributed by atoms with E-state index in [0.29, 0.717) is 45.5 Å². The summed E-state index contributed by atoms with van der Waals surface area (Å²) in [5, 5.41) is 72.1. The predicted octanol–water partition coefficient (Wildman–Crippen LogP) is -15.0. The van der Waals surface area contributed by atoms with Gasteiger partial charge in [0.2, 0.25) is 0 Å². The first-order chi connectivity index (χ1) is 38.3. The van der Waals surface area contributed by atoms with E-state index < -0.39 is 101 Å². The molecule has 0 bridgehead atoms. The summed E-state index contributed by atoms with van der Waals surface area (Å²) in [5.74, 6) is 0. The average Bonchev–Trinajstić information content (AvgIpc) is 3.75. The van der Waals surface area contributed by atoms with Crippen LogP contribution in [-0.2, 0) is 70.1 Å². The summed E-state index contributed by atoms with van der Waals surface area (Å²) in [5.41, 5.74) is -3.11. The molecule has 3 saturated heterocycles. The van der Waals surface area contributed by atoms with E-state index in [1.54, 1.807) is 26.0 Å². The first-order valence-corrected chi connectivity index (χ1v) is 32.1. The predicted molar refractivity (Wildman–Crippen MR) is 313 cm³/mol. The molecule has 8 N–H and O–H groups in total. The minimum Gasteiger partial charge on any atom is -1.00 e. The smallest absolute Gasteiger partial charge is 1.00 e. The fourth-order valence-electron chi connectivity index (χ4n) is 6.92. The molecule has 7 unspecified atom stereocenters. The van der Waals surface area contributed by atoms with Crippen LogP contribution in [0.2, 0.25) is 0 Å². The van der Waals surface area contributed by atoms with Crippen LogP contribution in [0.1, 0.15) is 73.7 Å². The zero-order chi connectivity index (χ0) is 64.2. The van der Waals surface area contributed by atoms with Gasteiger partial charge >= 0.3 is 59.1 Å². The minimum atomic E-state index is -5.94. The molecule has 42 heteroatoms. The molecule has 3 fully saturated rings. The number of hydrogen-bond donors (Lipinski definition) is 8. The molecule has 19 atom stereocenters.